The molecule has 0 N–H and O–H groups in total. The minimum Gasteiger partial charge on any atom is -0.347 e. The molecular weight excluding hydrogens is 234 g/mol. The van der Waals surface area contributed by atoms with E-state index < -0.39 is 11.9 Å². The van der Waals surface area contributed by atoms with Gasteiger partial charge in [-0.15, -0.1) is 6.58 Å². The maximum absolute atomic E-state index is 12.0. The second-order valence-corrected chi connectivity index (χ2v) is 4.87. The lowest BCUT2D eigenvalue weighted by molar-refractivity contribution is -0.300. The summed E-state index contributed by atoms with van der Waals surface area (Å²) in [4.78, 5) is 16.9. The Labute approximate surface area is 109 Å². The van der Waals surface area contributed by atoms with Crippen molar-refractivity contribution in [3.63, 3.8) is 0 Å². The number of hydroxylamine groups is 2. The van der Waals surface area contributed by atoms with Crippen LogP contribution in [-0.4, -0.2) is 43.1 Å². The fraction of sp³-hybridized carbons (Fsp3) is 0.769. The Bertz CT molecular complexity index is 303. The average molecular weight is 257 g/mol. The van der Waals surface area contributed by atoms with Gasteiger partial charge in [-0.2, -0.15) is 0 Å². The maximum atomic E-state index is 12.0. The largest absolute Gasteiger partial charge is 0.347 e. The molecule has 0 saturated carbocycles. The first kappa shape index (κ1) is 15.1. The topological polar surface area (TPSA) is 48.0 Å². The van der Waals surface area contributed by atoms with E-state index in [2.05, 4.69) is 6.58 Å². The normalized spacial score (nSPS) is 26.7. The van der Waals surface area contributed by atoms with Crippen LogP contribution in [0.4, 0.5) is 0 Å². The first-order valence-electron chi connectivity index (χ1n) is 6.18. The highest BCUT2D eigenvalue weighted by Gasteiger charge is 2.39. The van der Waals surface area contributed by atoms with Gasteiger partial charge in [0.1, 0.15) is 6.10 Å². The number of likely N-dealkylation sites (N-methyl/N-ethyl adjacent to an activating group) is 1. The zero-order valence-electron chi connectivity index (χ0n) is 11.6. The molecule has 0 unspecified atom stereocenters. The van der Waals surface area contributed by atoms with Crippen molar-refractivity contribution in [1.82, 2.24) is 5.06 Å². The van der Waals surface area contributed by atoms with Crippen LogP contribution in [0.3, 0.4) is 0 Å². The molecule has 1 aliphatic heterocycles. The minimum atomic E-state index is -0.751. The standard InChI is InChI=1S/C13H23NO4/c1-6-7-8-10-9-11(12(15)14(4)16-5)18-13(2,3)17-10/h6,10-11H,1,7-9H2,2-5H3/t10-,11-/m0/s1. The van der Waals surface area contributed by atoms with Crippen LogP contribution in [0.1, 0.15) is 33.1 Å². The molecule has 1 fully saturated rings. The molecule has 1 rings (SSSR count). The molecule has 0 aromatic rings. The monoisotopic (exact) mass is 257 g/mol. The van der Waals surface area contributed by atoms with Crippen molar-refractivity contribution < 1.29 is 19.1 Å². The van der Waals surface area contributed by atoms with Crippen LogP contribution in [0.25, 0.3) is 0 Å². The predicted octanol–water partition coefficient (Wildman–Crippen LogP) is 1.88. The summed E-state index contributed by atoms with van der Waals surface area (Å²) in [5.41, 5.74) is 0. The number of ether oxygens (including phenoxy) is 2. The third-order valence-corrected chi connectivity index (χ3v) is 2.91. The SMILES string of the molecule is C=CCC[C@H]1C[C@@H](C(=O)N(C)OC)OC(C)(C)O1. The van der Waals surface area contributed by atoms with Crippen LogP contribution in [0.2, 0.25) is 0 Å². The number of amides is 1. The first-order valence-corrected chi connectivity index (χ1v) is 6.18. The van der Waals surface area contributed by atoms with E-state index in [9.17, 15) is 4.79 Å². The van der Waals surface area contributed by atoms with Crippen LogP contribution in [-0.2, 0) is 19.1 Å². The van der Waals surface area contributed by atoms with Crippen LogP contribution < -0.4 is 0 Å². The lowest BCUT2D eigenvalue weighted by Gasteiger charge is -2.40. The van der Waals surface area contributed by atoms with Crippen LogP contribution in [0.5, 0.6) is 0 Å². The second kappa shape index (κ2) is 6.31. The zero-order chi connectivity index (χ0) is 13.8. The quantitative estimate of drug-likeness (QED) is 0.557. The molecule has 104 valence electrons. The Morgan fingerprint density at radius 1 is 1.56 bits per heavy atom. The van der Waals surface area contributed by atoms with Crippen molar-refractivity contribution >= 4 is 5.91 Å². The molecule has 1 heterocycles. The molecule has 2 atom stereocenters. The fourth-order valence-corrected chi connectivity index (χ4v) is 2.03. The van der Waals surface area contributed by atoms with Gasteiger partial charge in [0.05, 0.1) is 13.2 Å². The number of carbonyl (C=O) groups is 1. The maximum Gasteiger partial charge on any atom is 0.275 e. The van der Waals surface area contributed by atoms with Crippen LogP contribution in [0, 0.1) is 0 Å². The molecule has 1 amide bonds. The number of nitrogens with zero attached hydrogens (tertiary/aromatic N) is 1. The Morgan fingerprint density at radius 2 is 2.22 bits per heavy atom. The van der Waals surface area contributed by atoms with Crippen molar-refractivity contribution in [3.8, 4) is 0 Å². The van der Waals surface area contributed by atoms with Gasteiger partial charge in [-0.05, 0) is 26.7 Å². The Hall–Kier alpha value is -0.910. The Kier molecular flexibility index (Phi) is 5.31. The molecule has 1 aliphatic rings. The highest BCUT2D eigenvalue weighted by atomic mass is 16.7. The summed E-state index contributed by atoms with van der Waals surface area (Å²) in [6.45, 7) is 7.33. The van der Waals surface area contributed by atoms with Gasteiger partial charge in [0.2, 0.25) is 0 Å². The van der Waals surface area contributed by atoms with Crippen molar-refractivity contribution in [2.75, 3.05) is 14.2 Å². The van der Waals surface area contributed by atoms with Gasteiger partial charge in [0.25, 0.3) is 5.91 Å². The number of hydrogen-bond donors (Lipinski definition) is 0. The zero-order valence-corrected chi connectivity index (χ0v) is 11.6. The number of allylic oxidation sites excluding steroid dienone is 1. The molecule has 0 aromatic heterocycles. The summed E-state index contributed by atoms with van der Waals surface area (Å²) in [7, 11) is 3.03. The molecule has 0 bridgehead atoms. The average Bonchev–Trinajstić information content (AvgIpc) is 2.32. The van der Waals surface area contributed by atoms with E-state index in [1.54, 1.807) is 7.05 Å². The Balaban J connectivity index is 2.68. The number of carbonyl (C=O) groups excluding carboxylic acids is 1. The van der Waals surface area contributed by atoms with E-state index in [4.69, 9.17) is 14.3 Å². The second-order valence-electron chi connectivity index (χ2n) is 4.87. The summed E-state index contributed by atoms with van der Waals surface area (Å²) in [5, 5.41) is 1.19. The van der Waals surface area contributed by atoms with E-state index in [1.165, 1.54) is 12.2 Å². The number of rotatable bonds is 5. The summed E-state index contributed by atoms with van der Waals surface area (Å²) in [6.07, 6.45) is 3.59. The molecule has 0 aromatic carbocycles. The molecule has 1 saturated heterocycles. The lowest BCUT2D eigenvalue weighted by atomic mass is 10.0. The van der Waals surface area contributed by atoms with Gasteiger partial charge in [0.15, 0.2) is 5.79 Å². The van der Waals surface area contributed by atoms with E-state index in [0.29, 0.717) is 6.42 Å². The van der Waals surface area contributed by atoms with Gasteiger partial charge in [-0.3, -0.25) is 9.63 Å². The van der Waals surface area contributed by atoms with E-state index in [-0.39, 0.29) is 12.0 Å². The molecule has 0 aliphatic carbocycles. The van der Waals surface area contributed by atoms with E-state index >= 15 is 0 Å². The molecule has 5 nitrogen and oxygen atoms in total. The number of hydrogen-bond acceptors (Lipinski definition) is 4. The fourth-order valence-electron chi connectivity index (χ4n) is 2.03. The van der Waals surface area contributed by atoms with E-state index in [0.717, 1.165) is 12.8 Å². The highest BCUT2D eigenvalue weighted by Crippen LogP contribution is 2.29. The molecule has 0 spiro atoms. The third kappa shape index (κ3) is 4.08. The molecule has 18 heavy (non-hydrogen) atoms. The molecule has 5 heteroatoms. The van der Waals surface area contributed by atoms with Gasteiger partial charge >= 0.3 is 0 Å². The van der Waals surface area contributed by atoms with E-state index in [1.807, 2.05) is 19.9 Å². The highest BCUT2D eigenvalue weighted by molar-refractivity contribution is 5.79. The lowest BCUT2D eigenvalue weighted by Crippen LogP contribution is -2.50. The van der Waals surface area contributed by atoms with Crippen molar-refractivity contribution in [1.29, 1.82) is 0 Å². The Morgan fingerprint density at radius 3 is 2.78 bits per heavy atom. The molecular formula is C13H23NO4. The summed E-state index contributed by atoms with van der Waals surface area (Å²) in [5.74, 6) is -0.934. The summed E-state index contributed by atoms with van der Waals surface area (Å²) < 4.78 is 11.4. The first-order chi connectivity index (χ1) is 8.39. The van der Waals surface area contributed by atoms with Crippen molar-refractivity contribution in [3.05, 3.63) is 12.7 Å². The van der Waals surface area contributed by atoms with Gasteiger partial charge < -0.3 is 9.47 Å². The third-order valence-electron chi connectivity index (χ3n) is 2.91. The van der Waals surface area contributed by atoms with Gasteiger partial charge in [-0.25, -0.2) is 5.06 Å². The van der Waals surface area contributed by atoms with Gasteiger partial charge in [-0.1, -0.05) is 6.08 Å². The minimum absolute atomic E-state index is 0.00551. The predicted molar refractivity (Wildman–Crippen MR) is 67.7 cm³/mol. The van der Waals surface area contributed by atoms with Gasteiger partial charge in [0, 0.05) is 13.5 Å². The van der Waals surface area contributed by atoms with Crippen LogP contribution in [0.15, 0.2) is 12.7 Å². The van der Waals surface area contributed by atoms with Crippen LogP contribution >= 0.6 is 0 Å². The van der Waals surface area contributed by atoms with Crippen molar-refractivity contribution in [2.45, 2.75) is 51.1 Å². The van der Waals surface area contributed by atoms with Crippen molar-refractivity contribution in [2.24, 2.45) is 0 Å². The smallest absolute Gasteiger partial charge is 0.275 e. The summed E-state index contributed by atoms with van der Waals surface area (Å²) >= 11 is 0. The summed E-state index contributed by atoms with van der Waals surface area (Å²) in [6, 6.07) is 0. The molecule has 0 radical (unpaired) electrons.